The first-order chi connectivity index (χ1) is 16.0. The van der Waals surface area contributed by atoms with E-state index in [-0.39, 0.29) is 12.5 Å². The third-order valence-electron chi connectivity index (χ3n) is 5.08. The Kier molecular flexibility index (Phi) is 10.0. The van der Waals surface area contributed by atoms with Crippen LogP contribution in [0.2, 0.25) is 10.0 Å². The molecule has 0 radical (unpaired) electrons. The second-order valence-electron chi connectivity index (χ2n) is 7.50. The summed E-state index contributed by atoms with van der Waals surface area (Å²) in [5, 5.41) is 3.24. The molecule has 8 nitrogen and oxygen atoms in total. The summed E-state index contributed by atoms with van der Waals surface area (Å²) in [6.07, 6.45) is 1.35. The molecule has 0 spiro atoms. The molecule has 0 aliphatic rings. The zero-order valence-corrected chi connectivity index (χ0v) is 21.9. The molecular formula is C23H29Cl2N3O5S. The molecular weight excluding hydrogens is 501 g/mol. The minimum atomic E-state index is -3.81. The topological polar surface area (TPSA) is 96.0 Å². The summed E-state index contributed by atoms with van der Waals surface area (Å²) in [5.41, 5.74) is 0.957. The lowest BCUT2D eigenvalue weighted by Crippen LogP contribution is -2.51. The van der Waals surface area contributed by atoms with E-state index in [1.54, 1.807) is 49.4 Å². The molecule has 0 saturated heterocycles. The molecule has 34 heavy (non-hydrogen) atoms. The van der Waals surface area contributed by atoms with Crippen molar-refractivity contribution in [3.8, 4) is 5.75 Å². The van der Waals surface area contributed by atoms with Crippen LogP contribution in [0, 0.1) is 0 Å². The van der Waals surface area contributed by atoms with Gasteiger partial charge in [0, 0.05) is 13.6 Å². The molecule has 2 rings (SSSR count). The molecule has 0 aliphatic heterocycles. The van der Waals surface area contributed by atoms with Gasteiger partial charge in [0.25, 0.3) is 0 Å². The number of carbonyl (C=O) groups excluding carboxylic acids is 2. The van der Waals surface area contributed by atoms with Gasteiger partial charge in [-0.25, -0.2) is 8.42 Å². The zero-order valence-electron chi connectivity index (χ0n) is 19.5. The fourth-order valence-electron chi connectivity index (χ4n) is 3.41. The molecule has 0 aliphatic carbocycles. The number of anilines is 1. The number of hydrogen-bond acceptors (Lipinski definition) is 5. The average Bonchev–Trinajstić information content (AvgIpc) is 2.79. The lowest BCUT2D eigenvalue weighted by Gasteiger charge is -2.32. The molecule has 0 fully saturated rings. The lowest BCUT2D eigenvalue weighted by atomic mass is 10.1. The van der Waals surface area contributed by atoms with Crippen molar-refractivity contribution in [2.24, 2.45) is 0 Å². The predicted molar refractivity (Wildman–Crippen MR) is 135 cm³/mol. The second kappa shape index (κ2) is 12.3. The normalized spacial score (nSPS) is 12.1. The van der Waals surface area contributed by atoms with Crippen molar-refractivity contribution in [3.05, 3.63) is 58.1 Å². The highest BCUT2D eigenvalue weighted by atomic mass is 35.5. The first kappa shape index (κ1) is 27.8. The smallest absolute Gasteiger partial charge is 0.244 e. The summed E-state index contributed by atoms with van der Waals surface area (Å²) in [4.78, 5) is 27.4. The van der Waals surface area contributed by atoms with Crippen LogP contribution in [0.4, 0.5) is 5.69 Å². The number of rotatable bonds is 11. The van der Waals surface area contributed by atoms with E-state index in [2.05, 4.69) is 5.32 Å². The molecule has 0 bridgehead atoms. The molecule has 0 aromatic heterocycles. The highest BCUT2D eigenvalue weighted by molar-refractivity contribution is 7.92. The number of benzene rings is 2. The molecule has 1 N–H and O–H groups in total. The first-order valence-corrected chi connectivity index (χ1v) is 13.3. The van der Waals surface area contributed by atoms with Gasteiger partial charge < -0.3 is 15.0 Å². The Morgan fingerprint density at radius 1 is 1.06 bits per heavy atom. The van der Waals surface area contributed by atoms with E-state index in [0.29, 0.717) is 40.1 Å². The van der Waals surface area contributed by atoms with E-state index in [4.69, 9.17) is 27.9 Å². The van der Waals surface area contributed by atoms with Gasteiger partial charge in [-0.15, -0.1) is 0 Å². The quantitative estimate of drug-likeness (QED) is 0.478. The number of halogens is 2. The van der Waals surface area contributed by atoms with Gasteiger partial charge in [0.1, 0.15) is 18.3 Å². The maximum absolute atomic E-state index is 13.5. The highest BCUT2D eigenvalue weighted by Gasteiger charge is 2.31. The molecule has 186 valence electrons. The number of amides is 2. The van der Waals surface area contributed by atoms with Crippen LogP contribution in [0.25, 0.3) is 0 Å². The number of hydrogen-bond donors (Lipinski definition) is 1. The van der Waals surface area contributed by atoms with Crippen molar-refractivity contribution in [2.45, 2.75) is 32.9 Å². The van der Waals surface area contributed by atoms with E-state index in [1.807, 2.05) is 6.92 Å². The van der Waals surface area contributed by atoms with Crippen LogP contribution in [0.1, 0.15) is 25.8 Å². The third-order valence-corrected chi connectivity index (χ3v) is 6.96. The van der Waals surface area contributed by atoms with Crippen LogP contribution in [0.5, 0.6) is 5.75 Å². The molecule has 2 amide bonds. The monoisotopic (exact) mass is 529 g/mol. The van der Waals surface area contributed by atoms with Crippen LogP contribution in [0.3, 0.4) is 0 Å². The van der Waals surface area contributed by atoms with Crippen LogP contribution in [0.15, 0.2) is 42.5 Å². The zero-order chi connectivity index (χ0) is 25.5. The summed E-state index contributed by atoms with van der Waals surface area (Å²) < 4.78 is 31.6. The van der Waals surface area contributed by atoms with Gasteiger partial charge in [-0.2, -0.15) is 0 Å². The fourth-order valence-corrected chi connectivity index (χ4v) is 4.58. The van der Waals surface area contributed by atoms with E-state index < -0.39 is 28.5 Å². The Balaban J connectivity index is 2.41. The summed E-state index contributed by atoms with van der Waals surface area (Å²) in [6.45, 7) is 3.64. The number of carbonyl (C=O) groups is 2. The van der Waals surface area contributed by atoms with Gasteiger partial charge >= 0.3 is 0 Å². The van der Waals surface area contributed by atoms with Crippen molar-refractivity contribution in [1.82, 2.24) is 10.2 Å². The number of sulfonamides is 1. The largest absolute Gasteiger partial charge is 0.494 e. The van der Waals surface area contributed by atoms with Gasteiger partial charge in [-0.05, 0) is 55.3 Å². The molecule has 1 atom stereocenters. The molecule has 2 aromatic rings. The average molecular weight is 530 g/mol. The summed E-state index contributed by atoms with van der Waals surface area (Å²) >= 11 is 12.1. The van der Waals surface area contributed by atoms with Crippen LogP contribution in [-0.2, 0) is 26.2 Å². The maximum Gasteiger partial charge on any atom is 0.244 e. The van der Waals surface area contributed by atoms with Crippen LogP contribution in [-0.4, -0.2) is 57.6 Å². The van der Waals surface area contributed by atoms with Crippen molar-refractivity contribution in [1.29, 1.82) is 0 Å². The van der Waals surface area contributed by atoms with Gasteiger partial charge in [-0.3, -0.25) is 13.9 Å². The number of nitrogens with one attached hydrogen (secondary N) is 1. The van der Waals surface area contributed by atoms with Crippen molar-refractivity contribution < 1.29 is 22.7 Å². The van der Waals surface area contributed by atoms with Gasteiger partial charge in [0.15, 0.2) is 0 Å². The summed E-state index contributed by atoms with van der Waals surface area (Å²) in [7, 11) is -2.33. The van der Waals surface area contributed by atoms with Gasteiger partial charge in [-0.1, -0.05) is 36.2 Å². The Bertz CT molecular complexity index is 1110. The minimum absolute atomic E-state index is 0.0442. The van der Waals surface area contributed by atoms with Crippen LogP contribution >= 0.6 is 23.2 Å². The standard InChI is InChI=1S/C23H29Cl2N3O5S/c1-5-21(23(30)26-3)27(14-16-7-12-19(24)20(25)13-16)22(29)15-28(34(4,31)32)17-8-10-18(11-9-17)33-6-2/h7-13,21H,5-6,14-15H2,1-4H3,(H,26,30)/t21-/m1/s1. The van der Waals surface area contributed by atoms with Gasteiger partial charge in [0.05, 0.1) is 28.6 Å². The first-order valence-electron chi connectivity index (χ1n) is 10.7. The number of likely N-dealkylation sites (N-methyl/N-ethyl adjacent to an activating group) is 1. The highest BCUT2D eigenvalue weighted by Crippen LogP contribution is 2.25. The van der Waals surface area contributed by atoms with E-state index >= 15 is 0 Å². The molecule has 0 unspecified atom stereocenters. The Morgan fingerprint density at radius 2 is 1.71 bits per heavy atom. The number of ether oxygens (including phenoxy) is 1. The van der Waals surface area contributed by atoms with Crippen molar-refractivity contribution in [3.63, 3.8) is 0 Å². The maximum atomic E-state index is 13.5. The molecule has 0 saturated carbocycles. The Hall–Kier alpha value is -2.49. The van der Waals surface area contributed by atoms with E-state index in [9.17, 15) is 18.0 Å². The Labute approximate surface area is 210 Å². The second-order valence-corrected chi connectivity index (χ2v) is 10.2. The molecule has 0 heterocycles. The minimum Gasteiger partial charge on any atom is -0.494 e. The fraction of sp³-hybridized carbons (Fsp3) is 0.391. The van der Waals surface area contributed by atoms with Crippen molar-refractivity contribution >= 4 is 50.7 Å². The summed E-state index contributed by atoms with van der Waals surface area (Å²) in [5.74, 6) is -0.318. The van der Waals surface area contributed by atoms with E-state index in [1.165, 1.54) is 11.9 Å². The predicted octanol–water partition coefficient (Wildman–Crippen LogP) is 3.71. The van der Waals surface area contributed by atoms with Crippen molar-refractivity contribution in [2.75, 3.05) is 30.8 Å². The van der Waals surface area contributed by atoms with Crippen LogP contribution < -0.4 is 14.4 Å². The third kappa shape index (κ3) is 7.25. The lowest BCUT2D eigenvalue weighted by molar-refractivity contribution is -0.140. The van der Waals surface area contributed by atoms with Gasteiger partial charge in [0.2, 0.25) is 21.8 Å². The number of nitrogens with zero attached hydrogens (tertiary/aromatic N) is 2. The molecule has 2 aromatic carbocycles. The van der Waals surface area contributed by atoms with E-state index in [0.717, 1.165) is 10.6 Å². The molecule has 11 heteroatoms. The SMILES string of the molecule is CCOc1ccc(N(CC(=O)N(Cc2ccc(Cl)c(Cl)c2)[C@H](CC)C(=O)NC)S(C)(=O)=O)cc1. The summed E-state index contributed by atoms with van der Waals surface area (Å²) in [6, 6.07) is 10.5. The Morgan fingerprint density at radius 3 is 2.21 bits per heavy atom.